The fourth-order valence-electron chi connectivity index (χ4n) is 2.18. The number of hydrogen-bond donors (Lipinski definition) is 1. The van der Waals surface area contributed by atoms with E-state index in [9.17, 15) is 0 Å². The monoisotopic (exact) mass is 168 g/mol. The van der Waals surface area contributed by atoms with Crippen LogP contribution in [-0.2, 0) is 0 Å². The van der Waals surface area contributed by atoms with E-state index < -0.39 is 0 Å². The second kappa shape index (κ2) is 3.75. The summed E-state index contributed by atoms with van der Waals surface area (Å²) in [5.74, 6) is 0.936. The zero-order valence-corrected chi connectivity index (χ0v) is 8.05. The lowest BCUT2D eigenvalue weighted by Crippen LogP contribution is -2.32. The highest BCUT2D eigenvalue weighted by Crippen LogP contribution is 2.27. The molecule has 1 heterocycles. The third-order valence-corrected chi connectivity index (χ3v) is 3.12. The summed E-state index contributed by atoms with van der Waals surface area (Å²) in [6.45, 7) is 7.38. The molecule has 2 aliphatic rings. The fourth-order valence-corrected chi connectivity index (χ4v) is 2.18. The SMILES string of the molecule is CCN(CC1CCNC1)C1CC1. The molecule has 0 amide bonds. The predicted octanol–water partition coefficient (Wildman–Crippen LogP) is 1.08. The van der Waals surface area contributed by atoms with E-state index in [4.69, 9.17) is 0 Å². The molecule has 1 saturated heterocycles. The van der Waals surface area contributed by atoms with Crippen LogP contribution in [0.4, 0.5) is 0 Å². The van der Waals surface area contributed by atoms with Crippen molar-refractivity contribution >= 4 is 0 Å². The molecule has 70 valence electrons. The Morgan fingerprint density at radius 1 is 1.33 bits per heavy atom. The highest BCUT2D eigenvalue weighted by Gasteiger charge is 2.29. The van der Waals surface area contributed by atoms with Gasteiger partial charge < -0.3 is 10.2 Å². The number of rotatable bonds is 4. The Kier molecular flexibility index (Phi) is 2.66. The molecule has 0 aromatic heterocycles. The lowest BCUT2D eigenvalue weighted by Gasteiger charge is -2.23. The average Bonchev–Trinajstić information content (AvgIpc) is 2.80. The highest BCUT2D eigenvalue weighted by atomic mass is 15.2. The van der Waals surface area contributed by atoms with E-state index in [0.717, 1.165) is 12.0 Å². The lowest BCUT2D eigenvalue weighted by atomic mass is 10.1. The quantitative estimate of drug-likeness (QED) is 0.676. The van der Waals surface area contributed by atoms with Crippen LogP contribution < -0.4 is 5.32 Å². The van der Waals surface area contributed by atoms with Crippen molar-refractivity contribution in [1.29, 1.82) is 0 Å². The first-order valence-electron chi connectivity index (χ1n) is 5.35. The maximum atomic E-state index is 3.43. The van der Waals surface area contributed by atoms with Crippen LogP contribution in [0, 0.1) is 5.92 Å². The molecule has 0 aromatic carbocycles. The standard InChI is InChI=1S/C10H20N2/c1-2-12(10-3-4-10)8-9-5-6-11-7-9/h9-11H,2-8H2,1H3. The third kappa shape index (κ3) is 1.99. The van der Waals surface area contributed by atoms with Crippen molar-refractivity contribution in [1.82, 2.24) is 10.2 Å². The van der Waals surface area contributed by atoms with Crippen molar-refractivity contribution in [3.63, 3.8) is 0 Å². The van der Waals surface area contributed by atoms with Gasteiger partial charge in [0.2, 0.25) is 0 Å². The lowest BCUT2D eigenvalue weighted by molar-refractivity contribution is 0.239. The molecule has 1 saturated carbocycles. The Labute approximate surface area is 75.3 Å². The molecular weight excluding hydrogens is 148 g/mol. The van der Waals surface area contributed by atoms with Crippen LogP contribution in [0.3, 0.4) is 0 Å². The Morgan fingerprint density at radius 2 is 2.17 bits per heavy atom. The van der Waals surface area contributed by atoms with Gasteiger partial charge in [-0.15, -0.1) is 0 Å². The normalized spacial score (nSPS) is 30.0. The van der Waals surface area contributed by atoms with E-state index in [1.54, 1.807) is 0 Å². The van der Waals surface area contributed by atoms with Crippen molar-refractivity contribution in [2.45, 2.75) is 32.2 Å². The second-order valence-electron chi connectivity index (χ2n) is 4.18. The summed E-state index contributed by atoms with van der Waals surface area (Å²) in [6, 6.07) is 0.954. The smallest absolute Gasteiger partial charge is 0.00964 e. The first-order chi connectivity index (χ1) is 5.90. The summed E-state index contributed by atoms with van der Waals surface area (Å²) in [5.41, 5.74) is 0. The molecule has 2 rings (SSSR count). The van der Waals surface area contributed by atoms with Gasteiger partial charge in [0.1, 0.15) is 0 Å². The van der Waals surface area contributed by atoms with E-state index in [2.05, 4.69) is 17.1 Å². The molecule has 1 aliphatic carbocycles. The van der Waals surface area contributed by atoms with E-state index in [0.29, 0.717) is 0 Å². The van der Waals surface area contributed by atoms with Gasteiger partial charge >= 0.3 is 0 Å². The molecule has 0 bridgehead atoms. The van der Waals surface area contributed by atoms with Gasteiger partial charge in [-0.3, -0.25) is 0 Å². The number of hydrogen-bond acceptors (Lipinski definition) is 2. The third-order valence-electron chi connectivity index (χ3n) is 3.12. The maximum Gasteiger partial charge on any atom is 0.00964 e. The van der Waals surface area contributed by atoms with E-state index >= 15 is 0 Å². The molecule has 2 fully saturated rings. The average molecular weight is 168 g/mol. The number of nitrogens with zero attached hydrogens (tertiary/aromatic N) is 1. The Bertz CT molecular complexity index is 137. The second-order valence-corrected chi connectivity index (χ2v) is 4.18. The first-order valence-corrected chi connectivity index (χ1v) is 5.35. The first kappa shape index (κ1) is 8.52. The summed E-state index contributed by atoms with van der Waals surface area (Å²) >= 11 is 0. The fraction of sp³-hybridized carbons (Fsp3) is 1.00. The van der Waals surface area contributed by atoms with Gasteiger partial charge in [-0.05, 0) is 44.8 Å². The summed E-state index contributed by atoms with van der Waals surface area (Å²) in [4.78, 5) is 2.66. The van der Waals surface area contributed by atoms with Crippen LogP contribution in [0.5, 0.6) is 0 Å². The largest absolute Gasteiger partial charge is 0.316 e. The molecule has 1 atom stereocenters. The van der Waals surface area contributed by atoms with Crippen LogP contribution in [0.15, 0.2) is 0 Å². The summed E-state index contributed by atoms with van der Waals surface area (Å²) in [6.07, 6.45) is 4.30. The van der Waals surface area contributed by atoms with Crippen LogP contribution in [-0.4, -0.2) is 37.1 Å². The summed E-state index contributed by atoms with van der Waals surface area (Å²) in [7, 11) is 0. The zero-order valence-electron chi connectivity index (χ0n) is 8.05. The van der Waals surface area contributed by atoms with Crippen molar-refractivity contribution in [2.75, 3.05) is 26.2 Å². The molecule has 12 heavy (non-hydrogen) atoms. The highest BCUT2D eigenvalue weighted by molar-refractivity contribution is 4.86. The van der Waals surface area contributed by atoms with Crippen molar-refractivity contribution in [2.24, 2.45) is 5.92 Å². The van der Waals surface area contributed by atoms with Crippen LogP contribution >= 0.6 is 0 Å². The van der Waals surface area contributed by atoms with Crippen LogP contribution in [0.1, 0.15) is 26.2 Å². The Morgan fingerprint density at radius 3 is 2.67 bits per heavy atom. The Balaban J connectivity index is 1.74. The molecule has 0 aromatic rings. The van der Waals surface area contributed by atoms with Gasteiger partial charge in [-0.2, -0.15) is 0 Å². The number of nitrogens with one attached hydrogen (secondary N) is 1. The van der Waals surface area contributed by atoms with E-state index in [-0.39, 0.29) is 0 Å². The Hall–Kier alpha value is -0.0800. The van der Waals surface area contributed by atoms with Crippen LogP contribution in [0.2, 0.25) is 0 Å². The minimum Gasteiger partial charge on any atom is -0.316 e. The molecule has 2 heteroatoms. The van der Waals surface area contributed by atoms with Crippen molar-refractivity contribution in [3.05, 3.63) is 0 Å². The zero-order chi connectivity index (χ0) is 8.39. The molecular formula is C10H20N2. The molecule has 1 N–H and O–H groups in total. The van der Waals surface area contributed by atoms with Gasteiger partial charge in [0, 0.05) is 12.6 Å². The van der Waals surface area contributed by atoms with Gasteiger partial charge in [0.25, 0.3) is 0 Å². The predicted molar refractivity (Wildman–Crippen MR) is 51.2 cm³/mol. The van der Waals surface area contributed by atoms with Gasteiger partial charge in [-0.1, -0.05) is 6.92 Å². The minimum absolute atomic E-state index is 0.936. The molecule has 1 aliphatic heterocycles. The summed E-state index contributed by atoms with van der Waals surface area (Å²) < 4.78 is 0. The molecule has 2 nitrogen and oxygen atoms in total. The maximum absolute atomic E-state index is 3.43. The van der Waals surface area contributed by atoms with Crippen molar-refractivity contribution < 1.29 is 0 Å². The summed E-state index contributed by atoms with van der Waals surface area (Å²) in [5, 5.41) is 3.43. The molecule has 1 unspecified atom stereocenters. The topological polar surface area (TPSA) is 15.3 Å². The van der Waals surface area contributed by atoms with Gasteiger partial charge in [0.15, 0.2) is 0 Å². The molecule has 0 spiro atoms. The van der Waals surface area contributed by atoms with Gasteiger partial charge in [-0.25, -0.2) is 0 Å². The van der Waals surface area contributed by atoms with Crippen molar-refractivity contribution in [3.8, 4) is 0 Å². The van der Waals surface area contributed by atoms with Gasteiger partial charge in [0.05, 0.1) is 0 Å². The minimum atomic E-state index is 0.936. The van der Waals surface area contributed by atoms with E-state index in [1.165, 1.54) is 45.4 Å². The molecule has 0 radical (unpaired) electrons. The van der Waals surface area contributed by atoms with Crippen LogP contribution in [0.25, 0.3) is 0 Å². The van der Waals surface area contributed by atoms with E-state index in [1.807, 2.05) is 0 Å².